The van der Waals surface area contributed by atoms with Crippen LogP contribution in [-0.4, -0.2) is 34.3 Å². The molecule has 4 rings (SSSR count). The van der Waals surface area contributed by atoms with E-state index >= 15 is 0 Å². The lowest BCUT2D eigenvalue weighted by atomic mass is 9.97. The first-order valence-electron chi connectivity index (χ1n) is 9.21. The molecule has 0 saturated carbocycles. The lowest BCUT2D eigenvalue weighted by molar-refractivity contribution is -0.116. The number of aryl methyl sites for hydroxylation is 2. The number of aromatic nitrogens is 3. The van der Waals surface area contributed by atoms with Crippen molar-refractivity contribution in [3.8, 4) is 11.5 Å². The number of nitrogens with zero attached hydrogens (tertiary/aromatic N) is 3. The smallest absolute Gasteiger partial charge is 0.277 e. The molecule has 28 heavy (non-hydrogen) atoms. The average molecular weight is 382 g/mol. The van der Waals surface area contributed by atoms with Gasteiger partial charge in [-0.2, -0.15) is 5.10 Å². The van der Waals surface area contributed by atoms with Crippen LogP contribution in [0.15, 0.2) is 35.4 Å². The second-order valence-corrected chi connectivity index (χ2v) is 6.81. The maximum atomic E-state index is 12.9. The van der Waals surface area contributed by atoms with Crippen molar-refractivity contribution in [3.63, 3.8) is 0 Å². The van der Waals surface area contributed by atoms with Crippen LogP contribution in [0, 0.1) is 0 Å². The second kappa shape index (κ2) is 7.38. The molecule has 0 aliphatic heterocycles. The van der Waals surface area contributed by atoms with Crippen LogP contribution in [0.3, 0.4) is 0 Å². The quantitative estimate of drug-likeness (QED) is 0.730. The maximum Gasteiger partial charge on any atom is 0.277 e. The summed E-state index contributed by atoms with van der Waals surface area (Å²) in [6.07, 6.45) is 7.23. The summed E-state index contributed by atoms with van der Waals surface area (Å²) in [5.41, 5.74) is 2.93. The standard InChI is InChI=1S/C20H22N4O4/c1-27-14-9-13(10-15(11-14)28-2)21-18(25)12-23-7-8-24-19(20(23)26)16-5-3-4-6-17(16)22-24/h7-11H,3-6,12H2,1-2H3,(H,21,25). The van der Waals surface area contributed by atoms with Gasteiger partial charge in [0, 0.05) is 41.8 Å². The van der Waals surface area contributed by atoms with Gasteiger partial charge in [0.1, 0.15) is 23.6 Å². The molecule has 0 unspecified atom stereocenters. The first-order valence-corrected chi connectivity index (χ1v) is 9.21. The van der Waals surface area contributed by atoms with E-state index < -0.39 is 0 Å². The van der Waals surface area contributed by atoms with Crippen LogP contribution in [0.25, 0.3) is 5.52 Å². The van der Waals surface area contributed by atoms with E-state index in [-0.39, 0.29) is 18.0 Å². The number of rotatable bonds is 5. The Balaban J connectivity index is 1.59. The zero-order valence-electron chi connectivity index (χ0n) is 15.9. The highest BCUT2D eigenvalue weighted by atomic mass is 16.5. The minimum atomic E-state index is -0.310. The molecule has 2 aromatic heterocycles. The van der Waals surface area contributed by atoms with E-state index in [0.717, 1.165) is 36.9 Å². The molecular weight excluding hydrogens is 360 g/mol. The van der Waals surface area contributed by atoms with Crippen LogP contribution >= 0.6 is 0 Å². The van der Waals surface area contributed by atoms with Crippen molar-refractivity contribution in [2.75, 3.05) is 19.5 Å². The molecule has 0 fully saturated rings. The Morgan fingerprint density at radius 2 is 1.82 bits per heavy atom. The molecule has 1 aromatic carbocycles. The molecule has 1 amide bonds. The van der Waals surface area contributed by atoms with Crippen molar-refractivity contribution in [1.82, 2.24) is 14.2 Å². The van der Waals surface area contributed by atoms with Gasteiger partial charge in [-0.25, -0.2) is 4.52 Å². The van der Waals surface area contributed by atoms with Crippen LogP contribution < -0.4 is 20.3 Å². The van der Waals surface area contributed by atoms with Crippen molar-refractivity contribution >= 4 is 17.1 Å². The summed E-state index contributed by atoms with van der Waals surface area (Å²) in [6, 6.07) is 5.11. The average Bonchev–Trinajstić information content (AvgIpc) is 3.09. The van der Waals surface area contributed by atoms with Gasteiger partial charge in [0.15, 0.2) is 0 Å². The number of fused-ring (bicyclic) bond motifs is 3. The Morgan fingerprint density at radius 1 is 1.11 bits per heavy atom. The van der Waals surface area contributed by atoms with Gasteiger partial charge in [-0.05, 0) is 25.7 Å². The van der Waals surface area contributed by atoms with Gasteiger partial charge in [0.05, 0.1) is 19.9 Å². The molecule has 0 spiro atoms. The minimum Gasteiger partial charge on any atom is -0.497 e. The Morgan fingerprint density at radius 3 is 2.54 bits per heavy atom. The fourth-order valence-electron chi connectivity index (χ4n) is 3.61. The van der Waals surface area contributed by atoms with Crippen LogP contribution in [0.1, 0.15) is 24.1 Å². The molecule has 0 saturated heterocycles. The predicted octanol–water partition coefficient (Wildman–Crippen LogP) is 2.03. The molecule has 3 aromatic rings. The molecule has 0 atom stereocenters. The highest BCUT2D eigenvalue weighted by molar-refractivity contribution is 5.91. The third kappa shape index (κ3) is 3.33. The molecule has 8 nitrogen and oxygen atoms in total. The van der Waals surface area contributed by atoms with Crippen LogP contribution in [-0.2, 0) is 24.2 Å². The molecule has 0 bridgehead atoms. The zero-order valence-corrected chi connectivity index (χ0v) is 15.9. The van der Waals surface area contributed by atoms with Gasteiger partial charge in [-0.3, -0.25) is 9.59 Å². The van der Waals surface area contributed by atoms with Gasteiger partial charge in [-0.1, -0.05) is 0 Å². The first-order chi connectivity index (χ1) is 13.6. The monoisotopic (exact) mass is 382 g/mol. The van der Waals surface area contributed by atoms with Gasteiger partial charge in [-0.15, -0.1) is 0 Å². The molecule has 8 heteroatoms. The summed E-state index contributed by atoms with van der Waals surface area (Å²) in [4.78, 5) is 25.5. The van der Waals surface area contributed by atoms with Crippen LogP contribution in [0.4, 0.5) is 5.69 Å². The molecule has 1 N–H and O–H groups in total. The zero-order chi connectivity index (χ0) is 19.7. The number of hydrogen-bond acceptors (Lipinski definition) is 5. The molecule has 146 valence electrons. The van der Waals surface area contributed by atoms with Gasteiger partial charge >= 0.3 is 0 Å². The lowest BCUT2D eigenvalue weighted by Crippen LogP contribution is -2.28. The van der Waals surface area contributed by atoms with Crippen molar-refractivity contribution in [2.45, 2.75) is 32.2 Å². The lowest BCUT2D eigenvalue weighted by Gasteiger charge is -2.11. The Kier molecular flexibility index (Phi) is 4.77. The number of hydrogen-bond donors (Lipinski definition) is 1. The number of carbonyl (C=O) groups excluding carboxylic acids is 1. The van der Waals surface area contributed by atoms with E-state index in [0.29, 0.717) is 22.7 Å². The summed E-state index contributed by atoms with van der Waals surface area (Å²) in [5, 5.41) is 7.31. The van der Waals surface area contributed by atoms with E-state index in [1.807, 2.05) is 0 Å². The summed E-state index contributed by atoms with van der Waals surface area (Å²) >= 11 is 0. The van der Waals surface area contributed by atoms with Gasteiger partial charge < -0.3 is 19.4 Å². The van der Waals surface area contributed by atoms with Crippen LogP contribution in [0.5, 0.6) is 11.5 Å². The number of nitrogens with one attached hydrogen (secondary N) is 1. The molecule has 1 aliphatic carbocycles. The summed E-state index contributed by atoms with van der Waals surface area (Å²) < 4.78 is 13.5. The third-order valence-electron chi connectivity index (χ3n) is 4.98. The number of benzene rings is 1. The Bertz CT molecular complexity index is 1080. The molecule has 1 aliphatic rings. The van der Waals surface area contributed by atoms with E-state index in [9.17, 15) is 9.59 Å². The Labute approximate surface area is 161 Å². The molecule has 2 heterocycles. The van der Waals surface area contributed by atoms with Crippen molar-refractivity contribution < 1.29 is 14.3 Å². The number of anilines is 1. The normalized spacial score (nSPS) is 13.2. The number of methoxy groups -OCH3 is 2. The van der Waals surface area contributed by atoms with Crippen molar-refractivity contribution in [2.24, 2.45) is 0 Å². The van der Waals surface area contributed by atoms with E-state index in [1.165, 1.54) is 4.57 Å². The second-order valence-electron chi connectivity index (χ2n) is 6.81. The summed E-state index contributed by atoms with van der Waals surface area (Å²) in [5.74, 6) is 0.827. The SMILES string of the molecule is COc1cc(NC(=O)Cn2ccn3nc4c(c3c2=O)CCCC4)cc(OC)c1. The number of carbonyl (C=O) groups is 1. The minimum absolute atomic E-state index is 0.0885. The largest absolute Gasteiger partial charge is 0.497 e. The fourth-order valence-corrected chi connectivity index (χ4v) is 3.61. The molecular formula is C20H22N4O4. The highest BCUT2D eigenvalue weighted by Crippen LogP contribution is 2.26. The van der Waals surface area contributed by atoms with E-state index in [1.54, 1.807) is 49.3 Å². The maximum absolute atomic E-state index is 12.9. The first kappa shape index (κ1) is 18.1. The Hall–Kier alpha value is -3.29. The van der Waals surface area contributed by atoms with E-state index in [4.69, 9.17) is 9.47 Å². The van der Waals surface area contributed by atoms with Gasteiger partial charge in [0.2, 0.25) is 5.91 Å². The summed E-state index contributed by atoms with van der Waals surface area (Å²) in [7, 11) is 3.09. The number of amides is 1. The highest BCUT2D eigenvalue weighted by Gasteiger charge is 2.20. The van der Waals surface area contributed by atoms with Crippen molar-refractivity contribution in [3.05, 3.63) is 52.2 Å². The summed E-state index contributed by atoms with van der Waals surface area (Å²) in [6.45, 7) is -0.0885. The van der Waals surface area contributed by atoms with Crippen LogP contribution in [0.2, 0.25) is 0 Å². The third-order valence-corrected chi connectivity index (χ3v) is 4.98. The topological polar surface area (TPSA) is 86.9 Å². The van der Waals surface area contributed by atoms with Crippen molar-refractivity contribution in [1.29, 1.82) is 0 Å². The fraction of sp³-hybridized carbons (Fsp3) is 0.350. The predicted molar refractivity (Wildman–Crippen MR) is 104 cm³/mol. The number of ether oxygens (including phenoxy) is 2. The van der Waals surface area contributed by atoms with Gasteiger partial charge in [0.25, 0.3) is 5.56 Å². The van der Waals surface area contributed by atoms with E-state index in [2.05, 4.69) is 10.4 Å². The molecule has 0 radical (unpaired) electrons.